The van der Waals surface area contributed by atoms with Crippen LogP contribution in [-0.2, 0) is 4.79 Å². The van der Waals surface area contributed by atoms with Gasteiger partial charge in [-0.2, -0.15) is 10.1 Å². The lowest BCUT2D eigenvalue weighted by Crippen LogP contribution is -2.40. The van der Waals surface area contributed by atoms with Crippen LogP contribution in [0.3, 0.4) is 0 Å². The second-order valence-electron chi connectivity index (χ2n) is 7.27. The second kappa shape index (κ2) is 6.84. The van der Waals surface area contributed by atoms with Gasteiger partial charge in [0.05, 0.1) is 19.1 Å². The molecule has 0 radical (unpaired) electrons. The number of ketones is 1. The molecule has 1 aliphatic carbocycles. The van der Waals surface area contributed by atoms with E-state index in [9.17, 15) is 9.18 Å². The minimum Gasteiger partial charge on any atom is -0.496 e. The van der Waals surface area contributed by atoms with E-state index in [1.54, 1.807) is 23.9 Å². The fourth-order valence-corrected chi connectivity index (χ4v) is 4.32. The molecule has 1 aliphatic heterocycles. The van der Waals surface area contributed by atoms with E-state index in [-0.39, 0.29) is 23.6 Å². The van der Waals surface area contributed by atoms with Crippen LogP contribution in [0.2, 0.25) is 0 Å². The molecule has 0 amide bonds. The summed E-state index contributed by atoms with van der Waals surface area (Å²) in [7, 11) is 1.62. The Morgan fingerprint density at radius 1 is 1.17 bits per heavy atom. The second-order valence-corrected chi connectivity index (χ2v) is 7.27. The number of aromatic nitrogens is 3. The summed E-state index contributed by atoms with van der Waals surface area (Å²) in [6.07, 6.45) is 3.88. The van der Waals surface area contributed by atoms with Crippen molar-refractivity contribution in [2.24, 2.45) is 5.92 Å². The van der Waals surface area contributed by atoms with Gasteiger partial charge in [0, 0.05) is 23.6 Å². The Hall–Kier alpha value is -3.48. The molecule has 2 heterocycles. The standard InChI is InChI=1S/C22H19FN4O2/c1-29-19-5-3-2-4-16(19)21-20-17(26-22-24-12-25-27(21)22)10-14(11-18(20)28)13-6-8-15(23)9-7-13/h2-10,12,14,20-21H,11H2,1H3,(H,24,25,26)/t14-,20-,21-/m0/s1. The minimum atomic E-state index is -0.419. The van der Waals surface area contributed by atoms with Crippen molar-refractivity contribution in [2.75, 3.05) is 12.4 Å². The predicted molar refractivity (Wildman–Crippen MR) is 105 cm³/mol. The molecule has 0 saturated heterocycles. The van der Waals surface area contributed by atoms with Gasteiger partial charge in [-0.15, -0.1) is 0 Å². The van der Waals surface area contributed by atoms with Gasteiger partial charge in [0.15, 0.2) is 0 Å². The van der Waals surface area contributed by atoms with Crippen molar-refractivity contribution in [2.45, 2.75) is 18.4 Å². The monoisotopic (exact) mass is 390 g/mol. The number of para-hydroxylation sites is 1. The van der Waals surface area contributed by atoms with Crippen LogP contribution in [0, 0.1) is 11.7 Å². The van der Waals surface area contributed by atoms with E-state index in [1.165, 1.54) is 18.5 Å². The number of anilines is 1. The SMILES string of the molecule is COc1ccccc1[C@H]1[C@@H]2C(=O)C[C@@H](c3ccc(F)cc3)C=C2Nc2ncnn21. The van der Waals surface area contributed by atoms with Crippen LogP contribution in [0.15, 0.2) is 66.6 Å². The number of benzene rings is 2. The molecule has 3 aromatic rings. The van der Waals surface area contributed by atoms with Gasteiger partial charge in [-0.25, -0.2) is 9.07 Å². The Labute approximate surface area is 167 Å². The molecule has 2 aromatic carbocycles. The summed E-state index contributed by atoms with van der Waals surface area (Å²) >= 11 is 0. The number of allylic oxidation sites excluding steroid dienone is 2. The van der Waals surface area contributed by atoms with E-state index >= 15 is 0 Å². The van der Waals surface area contributed by atoms with Gasteiger partial charge in [0.25, 0.3) is 0 Å². The number of nitrogens with zero attached hydrogens (tertiary/aromatic N) is 3. The van der Waals surface area contributed by atoms with Crippen LogP contribution in [0.25, 0.3) is 0 Å². The molecule has 0 bridgehead atoms. The Balaban J connectivity index is 1.62. The molecular weight excluding hydrogens is 371 g/mol. The summed E-state index contributed by atoms with van der Waals surface area (Å²) in [5, 5.41) is 7.64. The molecular formula is C22H19FN4O2. The van der Waals surface area contributed by atoms with E-state index in [4.69, 9.17) is 4.74 Å². The van der Waals surface area contributed by atoms with Crippen LogP contribution in [0.5, 0.6) is 5.75 Å². The van der Waals surface area contributed by atoms with E-state index in [1.807, 2.05) is 24.3 Å². The van der Waals surface area contributed by atoms with Crippen molar-refractivity contribution in [1.82, 2.24) is 14.8 Å². The van der Waals surface area contributed by atoms with Crippen LogP contribution in [0.4, 0.5) is 10.3 Å². The van der Waals surface area contributed by atoms with Gasteiger partial charge in [-0.3, -0.25) is 4.79 Å². The third kappa shape index (κ3) is 2.90. The maximum absolute atomic E-state index is 13.3. The van der Waals surface area contributed by atoms with E-state index in [2.05, 4.69) is 21.5 Å². The molecule has 1 aromatic heterocycles. The molecule has 5 rings (SSSR count). The molecule has 0 saturated carbocycles. The van der Waals surface area contributed by atoms with Crippen molar-refractivity contribution in [1.29, 1.82) is 0 Å². The van der Waals surface area contributed by atoms with Gasteiger partial charge in [-0.05, 0) is 23.8 Å². The average molecular weight is 390 g/mol. The van der Waals surface area contributed by atoms with Gasteiger partial charge in [0.2, 0.25) is 5.95 Å². The molecule has 29 heavy (non-hydrogen) atoms. The number of hydrogen-bond donors (Lipinski definition) is 1. The Morgan fingerprint density at radius 2 is 1.97 bits per heavy atom. The molecule has 146 valence electrons. The molecule has 7 heteroatoms. The van der Waals surface area contributed by atoms with Gasteiger partial charge >= 0.3 is 0 Å². The number of rotatable bonds is 3. The fraction of sp³-hybridized carbons (Fsp3) is 0.227. The lowest BCUT2D eigenvalue weighted by molar-refractivity contribution is -0.123. The highest BCUT2D eigenvalue weighted by molar-refractivity contribution is 5.89. The maximum atomic E-state index is 13.3. The van der Waals surface area contributed by atoms with E-state index in [0.717, 1.165) is 16.8 Å². The van der Waals surface area contributed by atoms with Gasteiger partial charge in [0.1, 0.15) is 23.7 Å². The van der Waals surface area contributed by atoms with Crippen LogP contribution in [-0.4, -0.2) is 27.7 Å². The summed E-state index contributed by atoms with van der Waals surface area (Å²) in [6.45, 7) is 0. The topological polar surface area (TPSA) is 69.0 Å². The van der Waals surface area contributed by atoms with Crippen LogP contribution < -0.4 is 10.1 Å². The lowest BCUT2D eigenvalue weighted by Gasteiger charge is -2.38. The lowest BCUT2D eigenvalue weighted by atomic mass is 9.75. The third-order valence-corrected chi connectivity index (χ3v) is 5.65. The van der Waals surface area contributed by atoms with Crippen molar-refractivity contribution in [3.63, 3.8) is 0 Å². The van der Waals surface area contributed by atoms with Crippen molar-refractivity contribution < 1.29 is 13.9 Å². The summed E-state index contributed by atoms with van der Waals surface area (Å²) in [5.74, 6) is 0.555. The number of halogens is 1. The Kier molecular flexibility index (Phi) is 4.16. The first-order chi connectivity index (χ1) is 14.2. The zero-order chi connectivity index (χ0) is 20.0. The molecule has 3 atom stereocenters. The third-order valence-electron chi connectivity index (χ3n) is 5.65. The van der Waals surface area contributed by atoms with Crippen LogP contribution in [0.1, 0.15) is 29.5 Å². The number of hydrogen-bond acceptors (Lipinski definition) is 5. The molecule has 0 fully saturated rings. The number of carbonyl (C=O) groups is 1. The summed E-state index contributed by atoms with van der Waals surface area (Å²) in [6, 6.07) is 13.6. The number of ether oxygens (including phenoxy) is 1. The molecule has 1 N–H and O–H groups in total. The fourth-order valence-electron chi connectivity index (χ4n) is 4.32. The van der Waals surface area contributed by atoms with Crippen molar-refractivity contribution in [3.05, 3.63) is 83.6 Å². The number of Topliss-reactive ketones (excluding diaryl/α,β-unsaturated/α-hetero) is 1. The highest BCUT2D eigenvalue weighted by Gasteiger charge is 2.44. The molecule has 0 unspecified atom stereocenters. The number of methoxy groups -OCH3 is 1. The van der Waals surface area contributed by atoms with Gasteiger partial charge < -0.3 is 10.1 Å². The summed E-state index contributed by atoms with van der Waals surface area (Å²) in [5.41, 5.74) is 2.59. The molecule has 0 spiro atoms. The van der Waals surface area contributed by atoms with Gasteiger partial charge in [-0.1, -0.05) is 36.4 Å². The smallest absolute Gasteiger partial charge is 0.226 e. The Morgan fingerprint density at radius 3 is 2.76 bits per heavy atom. The minimum absolute atomic E-state index is 0.0985. The first-order valence-electron chi connectivity index (χ1n) is 9.45. The summed E-state index contributed by atoms with van der Waals surface area (Å²) in [4.78, 5) is 17.6. The zero-order valence-corrected chi connectivity index (χ0v) is 15.7. The maximum Gasteiger partial charge on any atom is 0.226 e. The first kappa shape index (κ1) is 17.6. The predicted octanol–water partition coefficient (Wildman–Crippen LogP) is 3.70. The average Bonchev–Trinajstić information content (AvgIpc) is 3.21. The highest BCUT2D eigenvalue weighted by atomic mass is 19.1. The Bertz CT molecular complexity index is 1110. The largest absolute Gasteiger partial charge is 0.496 e. The summed E-state index contributed by atoms with van der Waals surface area (Å²) < 4.78 is 20.6. The normalized spacial score (nSPS) is 22.9. The quantitative estimate of drug-likeness (QED) is 0.739. The molecule has 6 nitrogen and oxygen atoms in total. The number of nitrogens with one attached hydrogen (secondary N) is 1. The number of fused-ring (bicyclic) bond motifs is 2. The van der Waals surface area contributed by atoms with Crippen LogP contribution >= 0.6 is 0 Å². The highest BCUT2D eigenvalue weighted by Crippen LogP contribution is 2.45. The van der Waals surface area contributed by atoms with E-state index < -0.39 is 5.92 Å². The van der Waals surface area contributed by atoms with E-state index in [0.29, 0.717) is 18.1 Å². The van der Waals surface area contributed by atoms with Crippen molar-refractivity contribution in [3.8, 4) is 5.75 Å². The first-order valence-corrected chi connectivity index (χ1v) is 9.45. The number of carbonyl (C=O) groups excluding carboxylic acids is 1. The molecule has 2 aliphatic rings. The zero-order valence-electron chi connectivity index (χ0n) is 15.7. The van der Waals surface area contributed by atoms with Crippen molar-refractivity contribution >= 4 is 11.7 Å².